The summed E-state index contributed by atoms with van der Waals surface area (Å²) in [5.74, 6) is 2.43. The molecular weight excluding hydrogens is 366 g/mol. The molecule has 28 heavy (non-hydrogen) atoms. The van der Waals surface area contributed by atoms with Crippen molar-refractivity contribution in [3.63, 3.8) is 0 Å². The van der Waals surface area contributed by atoms with Gasteiger partial charge < -0.3 is 28.4 Å². The van der Waals surface area contributed by atoms with Crippen molar-refractivity contribution < 1.29 is 33.2 Å². The zero-order valence-corrected chi connectivity index (χ0v) is 16.7. The Hall–Kier alpha value is -3.42. The molecule has 0 bridgehead atoms. The fourth-order valence-corrected chi connectivity index (χ4v) is 2.70. The highest BCUT2D eigenvalue weighted by Gasteiger charge is 2.20. The Kier molecular flexibility index (Phi) is 7.08. The molecule has 0 unspecified atom stereocenters. The molecule has 0 aromatic heterocycles. The Balaban J connectivity index is 2.62. The summed E-state index contributed by atoms with van der Waals surface area (Å²) >= 11 is 0. The van der Waals surface area contributed by atoms with Gasteiger partial charge in [-0.3, -0.25) is 9.79 Å². The lowest BCUT2D eigenvalue weighted by Gasteiger charge is -2.15. The number of nitrogens with zero attached hydrogens (tertiary/aromatic N) is 1. The number of hydrogen-bond donors (Lipinski definition) is 0. The predicted molar refractivity (Wildman–Crippen MR) is 105 cm³/mol. The minimum Gasteiger partial charge on any atom is -0.493 e. The van der Waals surface area contributed by atoms with E-state index in [1.165, 1.54) is 48.7 Å². The van der Waals surface area contributed by atoms with Crippen LogP contribution in [0.3, 0.4) is 0 Å². The van der Waals surface area contributed by atoms with Gasteiger partial charge in [-0.25, -0.2) is 0 Å². The van der Waals surface area contributed by atoms with E-state index in [-0.39, 0.29) is 11.3 Å². The molecule has 0 fully saturated rings. The van der Waals surface area contributed by atoms with Crippen LogP contribution in [0.1, 0.15) is 15.9 Å². The first-order valence-electron chi connectivity index (χ1n) is 8.20. The number of benzene rings is 2. The van der Waals surface area contributed by atoms with Crippen molar-refractivity contribution in [3.8, 4) is 34.5 Å². The first kappa shape index (κ1) is 20.9. The molecule has 8 heteroatoms. The summed E-state index contributed by atoms with van der Waals surface area (Å²) in [6.45, 7) is 0. The zero-order valence-electron chi connectivity index (χ0n) is 16.7. The third-order valence-electron chi connectivity index (χ3n) is 3.99. The van der Waals surface area contributed by atoms with E-state index < -0.39 is 0 Å². The molecule has 0 heterocycles. The Morgan fingerprint density at radius 1 is 0.679 bits per heavy atom. The smallest absolute Gasteiger partial charge is 0.205 e. The van der Waals surface area contributed by atoms with Gasteiger partial charge in [0.05, 0.1) is 42.7 Å². The summed E-state index contributed by atoms with van der Waals surface area (Å²) in [6, 6.07) is 5.01. The van der Waals surface area contributed by atoms with Crippen molar-refractivity contribution in [3.05, 3.63) is 29.3 Å². The van der Waals surface area contributed by atoms with Crippen molar-refractivity contribution in [1.82, 2.24) is 0 Å². The minimum absolute atomic E-state index is 0.285. The fraction of sp³-hybridized carbons (Fsp3) is 0.300. The molecule has 0 amide bonds. The maximum atomic E-state index is 11.6. The highest BCUT2D eigenvalue weighted by molar-refractivity contribution is 5.93. The lowest BCUT2D eigenvalue weighted by molar-refractivity contribution is 0.112. The molecule has 2 rings (SSSR count). The second kappa shape index (κ2) is 9.50. The third kappa shape index (κ3) is 3.95. The Morgan fingerprint density at radius 3 is 1.61 bits per heavy atom. The van der Waals surface area contributed by atoms with Crippen LogP contribution >= 0.6 is 0 Å². The molecule has 2 aromatic carbocycles. The van der Waals surface area contributed by atoms with E-state index in [4.69, 9.17) is 28.4 Å². The summed E-state index contributed by atoms with van der Waals surface area (Å²) in [5, 5.41) is 0. The number of carbonyl (C=O) groups excluding carboxylic acids is 1. The fourth-order valence-electron chi connectivity index (χ4n) is 2.70. The summed E-state index contributed by atoms with van der Waals surface area (Å²) in [4.78, 5) is 16.0. The summed E-state index contributed by atoms with van der Waals surface area (Å²) in [6.07, 6.45) is 2.23. The molecule has 0 saturated heterocycles. The monoisotopic (exact) mass is 389 g/mol. The van der Waals surface area contributed by atoms with Gasteiger partial charge in [0.2, 0.25) is 11.5 Å². The number of aliphatic imine (C=N–C) groups is 1. The molecule has 0 saturated carbocycles. The van der Waals surface area contributed by atoms with Crippen LogP contribution in [-0.4, -0.2) is 55.2 Å². The van der Waals surface area contributed by atoms with Gasteiger partial charge in [-0.1, -0.05) is 0 Å². The lowest BCUT2D eigenvalue weighted by Crippen LogP contribution is -1.99. The van der Waals surface area contributed by atoms with Crippen LogP contribution in [0.4, 0.5) is 5.69 Å². The van der Waals surface area contributed by atoms with E-state index >= 15 is 0 Å². The largest absolute Gasteiger partial charge is 0.493 e. The summed E-state index contributed by atoms with van der Waals surface area (Å²) < 4.78 is 32.0. The number of aldehydes is 1. The van der Waals surface area contributed by atoms with Crippen LogP contribution in [0.5, 0.6) is 34.5 Å². The Bertz CT molecular complexity index is 852. The normalized spacial score (nSPS) is 10.5. The highest BCUT2D eigenvalue weighted by Crippen LogP contribution is 2.46. The molecule has 150 valence electrons. The third-order valence-corrected chi connectivity index (χ3v) is 3.99. The average Bonchev–Trinajstić information content (AvgIpc) is 2.75. The predicted octanol–water partition coefficient (Wildman–Crippen LogP) is 3.30. The molecular formula is C20H23NO7. The average molecular weight is 389 g/mol. The van der Waals surface area contributed by atoms with Crippen LogP contribution in [0.2, 0.25) is 0 Å². The van der Waals surface area contributed by atoms with Crippen molar-refractivity contribution in [2.45, 2.75) is 0 Å². The second-order valence-corrected chi connectivity index (χ2v) is 5.42. The Morgan fingerprint density at radius 2 is 1.18 bits per heavy atom. The van der Waals surface area contributed by atoms with Crippen molar-refractivity contribution in [2.75, 3.05) is 42.7 Å². The van der Waals surface area contributed by atoms with Crippen molar-refractivity contribution in [1.29, 1.82) is 0 Å². The van der Waals surface area contributed by atoms with Crippen molar-refractivity contribution in [2.24, 2.45) is 4.99 Å². The summed E-state index contributed by atoms with van der Waals surface area (Å²) in [7, 11) is 9.00. The van der Waals surface area contributed by atoms with Gasteiger partial charge in [-0.05, 0) is 18.2 Å². The lowest BCUT2D eigenvalue weighted by atomic mass is 10.1. The van der Waals surface area contributed by atoms with Gasteiger partial charge in [-0.15, -0.1) is 0 Å². The van der Waals surface area contributed by atoms with Crippen molar-refractivity contribution >= 4 is 18.2 Å². The van der Waals surface area contributed by atoms with Gasteiger partial charge in [-0.2, -0.15) is 0 Å². The van der Waals surface area contributed by atoms with Gasteiger partial charge >= 0.3 is 0 Å². The van der Waals surface area contributed by atoms with Gasteiger partial charge in [0, 0.05) is 17.3 Å². The number of hydrogen-bond acceptors (Lipinski definition) is 8. The van der Waals surface area contributed by atoms with E-state index in [1.54, 1.807) is 18.3 Å². The van der Waals surface area contributed by atoms with Gasteiger partial charge in [0.1, 0.15) is 5.69 Å². The number of rotatable bonds is 9. The molecule has 2 aromatic rings. The minimum atomic E-state index is 0.285. The van der Waals surface area contributed by atoms with Crippen LogP contribution in [0, 0.1) is 0 Å². The molecule has 0 radical (unpaired) electrons. The topological polar surface area (TPSA) is 84.8 Å². The number of ether oxygens (including phenoxy) is 6. The van der Waals surface area contributed by atoms with Crippen LogP contribution < -0.4 is 28.4 Å². The van der Waals surface area contributed by atoms with Gasteiger partial charge in [0.25, 0.3) is 0 Å². The highest BCUT2D eigenvalue weighted by atomic mass is 16.5. The molecule has 8 nitrogen and oxygen atoms in total. The van der Waals surface area contributed by atoms with E-state index in [2.05, 4.69) is 4.99 Å². The first-order chi connectivity index (χ1) is 13.6. The van der Waals surface area contributed by atoms with Crippen LogP contribution in [0.25, 0.3) is 0 Å². The quantitative estimate of drug-likeness (QED) is 0.480. The van der Waals surface area contributed by atoms with E-state index in [0.29, 0.717) is 46.3 Å². The zero-order chi connectivity index (χ0) is 20.7. The number of carbonyl (C=O) groups is 1. The maximum absolute atomic E-state index is 11.6. The Labute approximate surface area is 163 Å². The van der Waals surface area contributed by atoms with Crippen LogP contribution in [-0.2, 0) is 0 Å². The molecule has 0 spiro atoms. The molecule has 0 aliphatic carbocycles. The first-order valence-corrected chi connectivity index (χ1v) is 8.20. The molecule has 0 aliphatic heterocycles. The molecule has 0 N–H and O–H groups in total. The van der Waals surface area contributed by atoms with E-state index in [1.807, 2.05) is 0 Å². The second-order valence-electron chi connectivity index (χ2n) is 5.42. The van der Waals surface area contributed by atoms with Crippen LogP contribution in [0.15, 0.2) is 23.2 Å². The number of methoxy groups -OCH3 is 6. The van der Waals surface area contributed by atoms with Gasteiger partial charge in [0.15, 0.2) is 29.3 Å². The summed E-state index contributed by atoms with van der Waals surface area (Å²) in [5.41, 5.74) is 1.27. The SMILES string of the molecule is COc1cc(/C=N/c2c(C=O)cc(OC)c(OC)c2OC)cc(OC)c1OC. The van der Waals surface area contributed by atoms with E-state index in [9.17, 15) is 4.79 Å². The van der Waals surface area contributed by atoms with E-state index in [0.717, 1.165) is 0 Å². The standard InChI is InChI=1S/C20H23NO7/c1-23-14-7-12(8-15(24-2)18(14)26-4)10-21-17-13(11-22)9-16(25-3)19(27-5)20(17)28-6/h7-11H,1-6H3/b21-10+. The molecule has 0 aliphatic rings. The molecule has 0 atom stereocenters. The maximum Gasteiger partial charge on any atom is 0.205 e.